The lowest BCUT2D eigenvalue weighted by Crippen LogP contribution is -2.67. The minimum atomic E-state index is -1.61. The third-order valence-corrected chi connectivity index (χ3v) is 9.53. The number of carbonyl (C=O) groups is 2. The zero-order valence-corrected chi connectivity index (χ0v) is 28.2. The van der Waals surface area contributed by atoms with Gasteiger partial charge in [-0.1, -0.05) is 27.4 Å². The summed E-state index contributed by atoms with van der Waals surface area (Å²) in [7, 11) is 0. The number of esters is 1. The minimum absolute atomic E-state index is 0.0276. The Labute approximate surface area is 280 Å². The molecule has 3 rings (SSSR count). The molecule has 0 aromatic heterocycles. The Hall–Kier alpha value is -2.00. The summed E-state index contributed by atoms with van der Waals surface area (Å²) in [5.74, 6) is -0.602. The van der Waals surface area contributed by atoms with Crippen molar-refractivity contribution < 1.29 is 73.8 Å². The van der Waals surface area contributed by atoms with Crippen molar-refractivity contribution in [3.8, 4) is 0 Å². The number of carbonyl (C=O) groups excluding carboxylic acids is 2. The number of ether oxygens (including phenoxy) is 6. The fourth-order valence-electron chi connectivity index (χ4n) is 6.23. The van der Waals surface area contributed by atoms with E-state index in [9.17, 15) is 45.3 Å². The van der Waals surface area contributed by atoms with Gasteiger partial charge in [0, 0.05) is 5.57 Å². The molecule has 3 heterocycles. The summed E-state index contributed by atoms with van der Waals surface area (Å²) in [6.45, 7) is 11.1. The molecule has 3 aliphatic rings. The van der Waals surface area contributed by atoms with Crippen LogP contribution in [0.4, 0.5) is 4.79 Å². The van der Waals surface area contributed by atoms with Crippen LogP contribution in [0.3, 0.4) is 0 Å². The van der Waals surface area contributed by atoms with Crippen molar-refractivity contribution in [2.45, 2.75) is 138 Å². The van der Waals surface area contributed by atoms with Crippen LogP contribution in [-0.2, 0) is 33.2 Å². The Morgan fingerprint density at radius 3 is 1.94 bits per heavy atom. The minimum Gasteiger partial charge on any atom is -0.460 e. The van der Waals surface area contributed by atoms with Crippen LogP contribution < -0.4 is 10.6 Å². The molecular weight excluding hydrogens is 640 g/mol. The van der Waals surface area contributed by atoms with Crippen molar-refractivity contribution in [3.05, 3.63) is 12.2 Å². The number of nitrogens with one attached hydrogen (secondary N) is 2. The molecule has 48 heavy (non-hydrogen) atoms. The van der Waals surface area contributed by atoms with Crippen LogP contribution in [0, 0.1) is 0 Å². The van der Waals surface area contributed by atoms with Gasteiger partial charge >= 0.3 is 12.0 Å². The third kappa shape index (κ3) is 9.01. The second-order valence-corrected chi connectivity index (χ2v) is 12.8. The number of amides is 2. The van der Waals surface area contributed by atoms with Crippen LogP contribution in [0.2, 0.25) is 0 Å². The van der Waals surface area contributed by atoms with Gasteiger partial charge in [0.25, 0.3) is 0 Å². The second-order valence-electron chi connectivity index (χ2n) is 12.8. The first kappa shape index (κ1) is 40.4. The maximum absolute atomic E-state index is 12.3. The summed E-state index contributed by atoms with van der Waals surface area (Å²) in [5, 5.41) is 79.8. The molecule has 17 heteroatoms. The molecule has 0 bridgehead atoms. The van der Waals surface area contributed by atoms with Crippen molar-refractivity contribution in [3.63, 3.8) is 0 Å². The molecule has 3 aliphatic heterocycles. The maximum atomic E-state index is 12.3. The van der Waals surface area contributed by atoms with E-state index in [1.165, 1.54) is 6.92 Å². The van der Waals surface area contributed by atoms with Gasteiger partial charge < -0.3 is 74.8 Å². The number of rotatable bonds is 14. The highest BCUT2D eigenvalue weighted by Gasteiger charge is 2.55. The van der Waals surface area contributed by atoms with E-state index < -0.39 is 96.6 Å². The van der Waals surface area contributed by atoms with Gasteiger partial charge in [-0.3, -0.25) is 0 Å². The average molecular weight is 695 g/mol. The molecule has 0 radical (unpaired) electrons. The van der Waals surface area contributed by atoms with Crippen LogP contribution in [0.15, 0.2) is 12.2 Å². The molecule has 9 N–H and O–H groups in total. The molecule has 278 valence electrons. The summed E-state index contributed by atoms with van der Waals surface area (Å²) in [6, 6.07) is -0.740. The molecule has 0 aromatic rings. The summed E-state index contributed by atoms with van der Waals surface area (Å²) < 4.78 is 34.7. The van der Waals surface area contributed by atoms with E-state index in [0.29, 0.717) is 0 Å². The first-order valence-electron chi connectivity index (χ1n) is 16.4. The van der Waals surface area contributed by atoms with Crippen molar-refractivity contribution in [1.29, 1.82) is 0 Å². The Kier molecular flexibility index (Phi) is 14.6. The molecular formula is C31H54N2O15. The van der Waals surface area contributed by atoms with E-state index >= 15 is 0 Å². The lowest BCUT2D eigenvalue weighted by molar-refractivity contribution is -0.311. The van der Waals surface area contributed by atoms with E-state index in [0.717, 1.165) is 0 Å². The average Bonchev–Trinajstić information content (AvgIpc) is 3.06. The lowest BCUT2D eigenvalue weighted by atomic mass is 9.81. The molecule has 3 saturated heterocycles. The van der Waals surface area contributed by atoms with Gasteiger partial charge in [-0.25, -0.2) is 9.59 Å². The maximum Gasteiger partial charge on any atom is 0.333 e. The number of hydrogen-bond donors (Lipinski definition) is 9. The first-order valence-corrected chi connectivity index (χ1v) is 16.4. The van der Waals surface area contributed by atoms with Gasteiger partial charge in [0.2, 0.25) is 0 Å². The largest absolute Gasteiger partial charge is 0.460 e. The monoisotopic (exact) mass is 694 g/mol. The van der Waals surface area contributed by atoms with Crippen molar-refractivity contribution in [1.82, 2.24) is 10.6 Å². The molecule has 0 saturated carbocycles. The van der Waals surface area contributed by atoms with Crippen molar-refractivity contribution in [2.24, 2.45) is 0 Å². The molecule has 0 spiro atoms. The predicted octanol–water partition coefficient (Wildman–Crippen LogP) is -2.42. The lowest BCUT2D eigenvalue weighted by Gasteiger charge is -2.51. The Morgan fingerprint density at radius 2 is 1.33 bits per heavy atom. The zero-order chi connectivity index (χ0) is 36.0. The van der Waals surface area contributed by atoms with Crippen molar-refractivity contribution in [2.75, 3.05) is 33.0 Å². The summed E-state index contributed by atoms with van der Waals surface area (Å²) in [5.41, 5.74) is -2.30. The van der Waals surface area contributed by atoms with Gasteiger partial charge in [-0.05, 0) is 33.1 Å². The van der Waals surface area contributed by atoms with Gasteiger partial charge in [-0.2, -0.15) is 0 Å². The standard InChI is InChI=1S/C31H54N2O15/c1-7-30(6,25-22(38)19(35)16(34)12-44-25)47-17-13-45-26(23(39)20(17)36)31(8-2,9-3)48-18-14-46-27(24(40)21(18)37)33-29(42)32-10-11-43-28(41)15(4)5/h16-27,34-40H,4,7-14H2,1-3,5-6H3,(H2,32,33,42). The fourth-order valence-corrected chi connectivity index (χ4v) is 6.23. The zero-order valence-electron chi connectivity index (χ0n) is 28.2. The number of aliphatic hydroxyl groups is 7. The predicted molar refractivity (Wildman–Crippen MR) is 165 cm³/mol. The molecule has 17 nitrogen and oxygen atoms in total. The molecule has 0 aromatic carbocycles. The number of urea groups is 1. The Morgan fingerprint density at radius 1 is 0.771 bits per heavy atom. The van der Waals surface area contributed by atoms with Gasteiger partial charge in [-0.15, -0.1) is 0 Å². The van der Waals surface area contributed by atoms with Gasteiger partial charge in [0.15, 0.2) is 6.23 Å². The summed E-state index contributed by atoms with van der Waals surface area (Å²) >= 11 is 0. The van der Waals surface area contributed by atoms with Gasteiger partial charge in [0.1, 0.15) is 73.8 Å². The molecule has 13 atom stereocenters. The van der Waals surface area contributed by atoms with E-state index in [2.05, 4.69) is 17.2 Å². The van der Waals surface area contributed by atoms with E-state index in [1.54, 1.807) is 27.7 Å². The smallest absolute Gasteiger partial charge is 0.333 e. The third-order valence-electron chi connectivity index (χ3n) is 9.53. The summed E-state index contributed by atoms with van der Waals surface area (Å²) in [4.78, 5) is 23.7. The molecule has 3 fully saturated rings. The van der Waals surface area contributed by atoms with Crippen LogP contribution >= 0.6 is 0 Å². The first-order chi connectivity index (χ1) is 22.5. The van der Waals surface area contributed by atoms with Crippen LogP contribution in [0.25, 0.3) is 0 Å². The highest BCUT2D eigenvalue weighted by molar-refractivity contribution is 5.86. The highest BCUT2D eigenvalue weighted by Crippen LogP contribution is 2.39. The molecule has 2 amide bonds. The van der Waals surface area contributed by atoms with Crippen LogP contribution in [0.1, 0.15) is 53.9 Å². The van der Waals surface area contributed by atoms with E-state index in [-0.39, 0.29) is 57.8 Å². The Balaban J connectivity index is 1.61. The summed E-state index contributed by atoms with van der Waals surface area (Å²) in [6.07, 6.45) is -15.2. The van der Waals surface area contributed by atoms with E-state index in [1.807, 2.05) is 0 Å². The normalized spacial score (nSPS) is 37.2. The SMILES string of the molecule is C=C(C)C(=O)OCCNC(=O)NC1OCC(OC(CC)(CC)C2OCC(OC(C)(CC)C3OCC(O)C(O)C3O)C(O)C2O)C(O)C1O. The Bertz CT molecular complexity index is 1080. The molecule has 13 unspecified atom stereocenters. The van der Waals surface area contributed by atoms with Crippen molar-refractivity contribution >= 4 is 12.0 Å². The van der Waals surface area contributed by atoms with E-state index in [4.69, 9.17) is 28.4 Å². The number of aliphatic hydroxyl groups excluding tert-OH is 7. The second kappa shape index (κ2) is 17.3. The highest BCUT2D eigenvalue weighted by atomic mass is 16.6. The number of hydrogen-bond acceptors (Lipinski definition) is 15. The van der Waals surface area contributed by atoms with Crippen LogP contribution in [-0.4, -0.2) is 165 Å². The van der Waals surface area contributed by atoms with Crippen LogP contribution in [0.5, 0.6) is 0 Å². The van der Waals surface area contributed by atoms with Gasteiger partial charge in [0.05, 0.1) is 37.6 Å². The molecule has 0 aliphatic carbocycles. The topological polar surface area (TPSA) is 255 Å². The quantitative estimate of drug-likeness (QED) is 0.0521. The fraction of sp³-hybridized carbons (Fsp3) is 0.871.